The van der Waals surface area contributed by atoms with Gasteiger partial charge in [-0.25, -0.2) is 5.48 Å². The Kier molecular flexibility index (Phi) is 3.10. The molecule has 0 radical (unpaired) electrons. The normalized spacial score (nSPS) is 14.7. The van der Waals surface area contributed by atoms with Gasteiger partial charge in [-0.3, -0.25) is 19.5 Å². The second kappa shape index (κ2) is 4.54. The van der Waals surface area contributed by atoms with Gasteiger partial charge in [0.25, 0.3) is 11.8 Å². The van der Waals surface area contributed by atoms with Crippen LogP contribution >= 0.6 is 0 Å². The molecule has 0 aromatic carbocycles. The molecular formula is C10H14N4O3. The Morgan fingerprint density at radius 2 is 2.35 bits per heavy atom. The monoisotopic (exact) mass is 238 g/mol. The minimum Gasteiger partial charge on any atom is -0.335 e. The molecule has 92 valence electrons. The van der Waals surface area contributed by atoms with Crippen LogP contribution in [0.2, 0.25) is 0 Å². The van der Waals surface area contributed by atoms with Crippen molar-refractivity contribution in [2.24, 2.45) is 0 Å². The standard InChI is InChI=1S/C10H14N4O3/c1-2-3-13-4-5-14-8(10(13)16)6-7(11-14)9(15)12-17/h6,17H,2-5H2,1H3,(H,12,15). The lowest BCUT2D eigenvalue weighted by atomic mass is 10.2. The summed E-state index contributed by atoms with van der Waals surface area (Å²) in [6.45, 7) is 3.87. The average Bonchev–Trinajstić information content (AvgIpc) is 2.77. The van der Waals surface area contributed by atoms with Crippen LogP contribution < -0.4 is 5.48 Å². The Bertz CT molecular complexity index is 454. The molecule has 1 aliphatic rings. The van der Waals surface area contributed by atoms with Gasteiger partial charge in [0.1, 0.15) is 5.69 Å². The van der Waals surface area contributed by atoms with Gasteiger partial charge in [0, 0.05) is 19.2 Å². The number of carbonyl (C=O) groups excluding carboxylic acids is 2. The number of nitrogens with one attached hydrogen (secondary N) is 1. The van der Waals surface area contributed by atoms with Crippen LogP contribution in [0.5, 0.6) is 0 Å². The smallest absolute Gasteiger partial charge is 0.295 e. The van der Waals surface area contributed by atoms with Crippen LogP contribution in [0, 0.1) is 0 Å². The highest BCUT2D eigenvalue weighted by molar-refractivity contribution is 5.97. The maximum absolute atomic E-state index is 12.0. The van der Waals surface area contributed by atoms with Crippen LogP contribution in [0.4, 0.5) is 0 Å². The number of carbonyl (C=O) groups is 2. The number of nitrogens with zero attached hydrogens (tertiary/aromatic N) is 3. The average molecular weight is 238 g/mol. The maximum atomic E-state index is 12.0. The van der Waals surface area contributed by atoms with Crippen molar-refractivity contribution < 1.29 is 14.8 Å². The third kappa shape index (κ3) is 2.01. The summed E-state index contributed by atoms with van der Waals surface area (Å²) < 4.78 is 1.50. The largest absolute Gasteiger partial charge is 0.335 e. The Labute approximate surface area is 98.0 Å². The van der Waals surface area contributed by atoms with Gasteiger partial charge < -0.3 is 4.90 Å². The highest BCUT2D eigenvalue weighted by Gasteiger charge is 2.27. The molecule has 0 aliphatic carbocycles. The first-order valence-corrected chi connectivity index (χ1v) is 5.49. The number of aromatic nitrogens is 2. The third-order valence-corrected chi connectivity index (χ3v) is 2.70. The summed E-state index contributed by atoms with van der Waals surface area (Å²) in [6, 6.07) is 1.40. The number of fused-ring (bicyclic) bond motifs is 1. The van der Waals surface area contributed by atoms with Crippen LogP contribution in [-0.2, 0) is 6.54 Å². The van der Waals surface area contributed by atoms with Crippen molar-refractivity contribution in [2.75, 3.05) is 13.1 Å². The van der Waals surface area contributed by atoms with Crippen molar-refractivity contribution in [3.05, 3.63) is 17.5 Å². The van der Waals surface area contributed by atoms with E-state index in [1.807, 2.05) is 6.92 Å². The predicted molar refractivity (Wildman–Crippen MR) is 57.7 cm³/mol. The van der Waals surface area contributed by atoms with Crippen molar-refractivity contribution in [1.29, 1.82) is 0 Å². The molecule has 0 bridgehead atoms. The fourth-order valence-corrected chi connectivity index (χ4v) is 1.89. The van der Waals surface area contributed by atoms with Gasteiger partial charge in [0.2, 0.25) is 0 Å². The second-order valence-corrected chi connectivity index (χ2v) is 3.87. The first-order chi connectivity index (χ1) is 8.17. The van der Waals surface area contributed by atoms with Crippen LogP contribution in [0.3, 0.4) is 0 Å². The number of hydroxylamine groups is 1. The second-order valence-electron chi connectivity index (χ2n) is 3.87. The first kappa shape index (κ1) is 11.6. The van der Waals surface area contributed by atoms with E-state index in [0.29, 0.717) is 25.3 Å². The quantitative estimate of drug-likeness (QED) is 0.567. The number of hydrogen-bond donors (Lipinski definition) is 2. The van der Waals surface area contributed by atoms with E-state index >= 15 is 0 Å². The van der Waals surface area contributed by atoms with E-state index in [1.165, 1.54) is 16.2 Å². The molecule has 2 heterocycles. The van der Waals surface area contributed by atoms with Crippen LogP contribution in [0.1, 0.15) is 34.3 Å². The predicted octanol–water partition coefficient (Wildman–Crippen LogP) is -0.132. The van der Waals surface area contributed by atoms with Crippen molar-refractivity contribution in [2.45, 2.75) is 19.9 Å². The topological polar surface area (TPSA) is 87.5 Å². The molecule has 1 aromatic rings. The highest BCUT2D eigenvalue weighted by atomic mass is 16.5. The molecule has 7 nitrogen and oxygen atoms in total. The molecule has 2 amide bonds. The summed E-state index contributed by atoms with van der Waals surface area (Å²) in [7, 11) is 0. The van der Waals surface area contributed by atoms with E-state index in [0.717, 1.165) is 6.42 Å². The van der Waals surface area contributed by atoms with Gasteiger partial charge in [0.05, 0.1) is 6.54 Å². The molecule has 0 fully saturated rings. The summed E-state index contributed by atoms with van der Waals surface area (Å²) in [5, 5.41) is 12.5. The molecule has 0 saturated carbocycles. The molecule has 0 atom stereocenters. The van der Waals surface area contributed by atoms with Gasteiger partial charge in [-0.05, 0) is 6.42 Å². The summed E-state index contributed by atoms with van der Waals surface area (Å²) in [4.78, 5) is 24.9. The molecule has 0 spiro atoms. The molecule has 0 unspecified atom stereocenters. The Morgan fingerprint density at radius 1 is 1.59 bits per heavy atom. The molecule has 2 N–H and O–H groups in total. The van der Waals surface area contributed by atoms with Crippen LogP contribution in [-0.4, -0.2) is 44.8 Å². The third-order valence-electron chi connectivity index (χ3n) is 2.70. The van der Waals surface area contributed by atoms with Gasteiger partial charge in [0.15, 0.2) is 5.69 Å². The lowest BCUT2D eigenvalue weighted by Gasteiger charge is -2.26. The highest BCUT2D eigenvalue weighted by Crippen LogP contribution is 2.14. The fraction of sp³-hybridized carbons (Fsp3) is 0.500. The molecule has 1 aliphatic heterocycles. The summed E-state index contributed by atoms with van der Waals surface area (Å²) in [5.41, 5.74) is 1.94. The van der Waals surface area contributed by atoms with E-state index in [2.05, 4.69) is 5.10 Å². The molecular weight excluding hydrogens is 224 g/mol. The molecule has 17 heavy (non-hydrogen) atoms. The van der Waals surface area contributed by atoms with E-state index in [1.54, 1.807) is 4.90 Å². The van der Waals surface area contributed by atoms with Gasteiger partial charge in [-0.1, -0.05) is 6.92 Å². The molecule has 0 saturated heterocycles. The van der Waals surface area contributed by atoms with E-state index in [9.17, 15) is 9.59 Å². The van der Waals surface area contributed by atoms with Gasteiger partial charge in [-0.2, -0.15) is 5.10 Å². The summed E-state index contributed by atoms with van der Waals surface area (Å²) in [5.74, 6) is -0.829. The number of hydrogen-bond acceptors (Lipinski definition) is 4. The van der Waals surface area contributed by atoms with Crippen LogP contribution in [0.15, 0.2) is 6.07 Å². The Morgan fingerprint density at radius 3 is 3.00 bits per heavy atom. The maximum Gasteiger partial charge on any atom is 0.295 e. The zero-order chi connectivity index (χ0) is 12.4. The van der Waals surface area contributed by atoms with Crippen molar-refractivity contribution in [3.63, 3.8) is 0 Å². The van der Waals surface area contributed by atoms with Crippen molar-refractivity contribution in [3.8, 4) is 0 Å². The first-order valence-electron chi connectivity index (χ1n) is 5.49. The van der Waals surface area contributed by atoms with Crippen LogP contribution in [0.25, 0.3) is 0 Å². The van der Waals surface area contributed by atoms with E-state index in [-0.39, 0.29) is 11.6 Å². The summed E-state index contributed by atoms with van der Waals surface area (Å²) in [6.07, 6.45) is 0.893. The number of amides is 2. The minimum atomic E-state index is -0.707. The molecule has 2 rings (SSSR count). The zero-order valence-electron chi connectivity index (χ0n) is 9.51. The zero-order valence-corrected chi connectivity index (χ0v) is 9.51. The molecule has 1 aromatic heterocycles. The number of rotatable bonds is 3. The van der Waals surface area contributed by atoms with E-state index < -0.39 is 5.91 Å². The SMILES string of the molecule is CCCN1CCn2nc(C(=O)NO)cc2C1=O. The van der Waals surface area contributed by atoms with Gasteiger partial charge >= 0.3 is 0 Å². The minimum absolute atomic E-state index is 0.0502. The Balaban J connectivity index is 2.27. The van der Waals surface area contributed by atoms with E-state index in [4.69, 9.17) is 5.21 Å². The summed E-state index contributed by atoms with van der Waals surface area (Å²) >= 11 is 0. The van der Waals surface area contributed by atoms with Gasteiger partial charge in [-0.15, -0.1) is 0 Å². The fourth-order valence-electron chi connectivity index (χ4n) is 1.89. The lowest BCUT2D eigenvalue weighted by Crippen LogP contribution is -2.40. The molecule has 7 heteroatoms. The van der Waals surface area contributed by atoms with Crippen molar-refractivity contribution >= 4 is 11.8 Å². The van der Waals surface area contributed by atoms with Crippen molar-refractivity contribution in [1.82, 2.24) is 20.2 Å². The Hall–Kier alpha value is -1.89. The lowest BCUT2D eigenvalue weighted by molar-refractivity contribution is 0.0687.